The van der Waals surface area contributed by atoms with Crippen molar-refractivity contribution in [1.29, 1.82) is 0 Å². The smallest absolute Gasteiger partial charge is 0.385 e. The van der Waals surface area contributed by atoms with Crippen LogP contribution in [-0.4, -0.2) is 18.1 Å². The Bertz CT molecular complexity index is 1000. The second-order valence-corrected chi connectivity index (χ2v) is 7.00. The maximum absolute atomic E-state index is 11.2. The fraction of sp³-hybridized carbons (Fsp3) is 0.333. The largest absolute Gasteiger partial charge is 0.385 e. The van der Waals surface area contributed by atoms with E-state index < -0.39 is 10.2 Å². The fourth-order valence-corrected chi connectivity index (χ4v) is 3.31. The van der Waals surface area contributed by atoms with Gasteiger partial charge in [0.15, 0.2) is 5.52 Å². The van der Waals surface area contributed by atoms with Crippen LogP contribution in [0.25, 0.3) is 22.2 Å². The van der Waals surface area contributed by atoms with Gasteiger partial charge in [0.1, 0.15) is 10.2 Å². The van der Waals surface area contributed by atoms with Gasteiger partial charge in [0, 0.05) is 24.3 Å². The second kappa shape index (κ2) is 7.32. The van der Waals surface area contributed by atoms with Crippen molar-refractivity contribution < 1.29 is 32.9 Å². The number of rotatable bonds is 6. The summed E-state index contributed by atoms with van der Waals surface area (Å²) in [4.78, 5) is 4.50. The first-order valence-corrected chi connectivity index (χ1v) is 9.76. The molecule has 1 heterocycles. The van der Waals surface area contributed by atoms with Crippen LogP contribution in [0.5, 0.6) is 5.75 Å². The maximum atomic E-state index is 11.2. The first-order chi connectivity index (χ1) is 12.7. The first kappa shape index (κ1) is 19.4. The summed E-state index contributed by atoms with van der Waals surface area (Å²) in [5, 5.41) is 6.36. The molecule has 0 saturated carbocycles. The molecule has 2 N–H and O–H groups in total. The zero-order chi connectivity index (χ0) is 19.8. The van der Waals surface area contributed by atoms with Crippen molar-refractivity contribution in [1.82, 2.24) is 4.98 Å². The SMILES string of the molecule is CCNc1cc2[o+]c3cc(NCC)c(C)c(O[Cl+3]([O-])([O-])[O-])c3nc2cc1C. The number of halogens is 1. The van der Waals surface area contributed by atoms with Crippen molar-refractivity contribution in [2.75, 3.05) is 23.7 Å². The second-order valence-electron chi connectivity index (χ2n) is 6.09. The molecule has 144 valence electrons. The van der Waals surface area contributed by atoms with Gasteiger partial charge in [0.25, 0.3) is 0 Å². The number of anilines is 2. The summed E-state index contributed by atoms with van der Waals surface area (Å²) in [5.41, 5.74) is 4.48. The third kappa shape index (κ3) is 3.98. The molecule has 1 aromatic heterocycles. The highest BCUT2D eigenvalue weighted by Crippen LogP contribution is 2.37. The summed E-state index contributed by atoms with van der Waals surface area (Å²) in [5.74, 6) is -0.140. The molecule has 0 fully saturated rings. The van der Waals surface area contributed by atoms with Gasteiger partial charge in [-0.3, -0.25) is 0 Å². The Morgan fingerprint density at radius 2 is 1.63 bits per heavy atom. The van der Waals surface area contributed by atoms with E-state index in [2.05, 4.69) is 19.9 Å². The Morgan fingerprint density at radius 3 is 2.26 bits per heavy atom. The van der Waals surface area contributed by atoms with Gasteiger partial charge in [-0.25, -0.2) is 9.40 Å². The number of aryl methyl sites for hydroxylation is 1. The van der Waals surface area contributed by atoms with Gasteiger partial charge in [0.2, 0.25) is 5.52 Å². The average Bonchev–Trinajstić information content (AvgIpc) is 2.58. The Balaban J connectivity index is 2.31. The topological polar surface area (TPSA) is 127 Å². The van der Waals surface area contributed by atoms with Crippen LogP contribution in [0, 0.1) is 24.1 Å². The summed E-state index contributed by atoms with van der Waals surface area (Å²) >= 11 is 0. The standard InChI is InChI=1S/C18H21ClN3O5/c1-5-20-12-8-15-14(7-10(12)3)22-17-16(26-15)9-13(21-6-2)11(4)18(17)27-19(23,24)25/h7-9,20-21H,5-6H2,1-4H3/q+1. The number of fused-ring (bicyclic) bond motifs is 2. The van der Waals surface area contributed by atoms with Crippen LogP contribution in [0.3, 0.4) is 0 Å². The molecule has 0 unspecified atom stereocenters. The Morgan fingerprint density at radius 1 is 1.00 bits per heavy atom. The first-order valence-electron chi connectivity index (χ1n) is 8.53. The van der Waals surface area contributed by atoms with Gasteiger partial charge in [0.05, 0.1) is 17.8 Å². The van der Waals surface area contributed by atoms with Gasteiger partial charge in [-0.15, -0.1) is 0 Å². The van der Waals surface area contributed by atoms with Crippen molar-refractivity contribution in [3.63, 3.8) is 0 Å². The minimum absolute atomic E-state index is 0.140. The third-order valence-corrected chi connectivity index (χ3v) is 4.48. The molecule has 0 amide bonds. The molecule has 3 rings (SSSR count). The van der Waals surface area contributed by atoms with Gasteiger partial charge in [-0.05, 0) is 39.3 Å². The maximum Gasteiger partial charge on any atom is 0.385 e. The molecule has 2 aromatic carbocycles. The molecular formula is C18H21ClN3O5+. The molecule has 0 radical (unpaired) electrons. The minimum atomic E-state index is -4.67. The van der Waals surface area contributed by atoms with Crippen molar-refractivity contribution in [3.8, 4) is 5.75 Å². The Labute approximate surface area is 158 Å². The minimum Gasteiger partial charge on any atom is -0.385 e. The fourth-order valence-electron chi connectivity index (χ4n) is 2.93. The van der Waals surface area contributed by atoms with Gasteiger partial charge in [-0.2, -0.15) is 14.0 Å². The van der Waals surface area contributed by atoms with Crippen molar-refractivity contribution in [2.45, 2.75) is 27.7 Å². The molecule has 0 aliphatic carbocycles. The van der Waals surface area contributed by atoms with Crippen LogP contribution in [0.4, 0.5) is 11.4 Å². The number of hydrogen-bond donors (Lipinski definition) is 2. The van der Waals surface area contributed by atoms with E-state index in [1.54, 1.807) is 13.0 Å². The number of aromatic nitrogens is 1. The summed E-state index contributed by atoms with van der Waals surface area (Å²) in [7, 11) is -4.67. The van der Waals surface area contributed by atoms with Gasteiger partial charge in [-0.1, -0.05) is 4.29 Å². The van der Waals surface area contributed by atoms with E-state index in [1.807, 2.05) is 32.9 Å². The Kier molecular flexibility index (Phi) is 5.25. The average molecular weight is 395 g/mol. The van der Waals surface area contributed by atoms with Crippen LogP contribution in [0.2, 0.25) is 0 Å². The zero-order valence-electron chi connectivity index (χ0n) is 15.5. The lowest BCUT2D eigenvalue weighted by atomic mass is 10.1. The Hall–Kier alpha value is -2.39. The van der Waals surface area contributed by atoms with E-state index in [-0.39, 0.29) is 11.3 Å². The van der Waals surface area contributed by atoms with E-state index in [0.29, 0.717) is 34.5 Å². The molecule has 27 heavy (non-hydrogen) atoms. The van der Waals surface area contributed by atoms with Gasteiger partial charge < -0.3 is 10.6 Å². The molecule has 3 aromatic rings. The lowest BCUT2D eigenvalue weighted by molar-refractivity contribution is -1.91. The molecule has 0 aliphatic rings. The molecule has 0 aliphatic heterocycles. The summed E-state index contributed by atoms with van der Waals surface area (Å²) in [6.07, 6.45) is 0. The monoisotopic (exact) mass is 394 g/mol. The van der Waals surface area contributed by atoms with Crippen molar-refractivity contribution in [2.24, 2.45) is 0 Å². The lowest BCUT2D eigenvalue weighted by Crippen LogP contribution is -2.63. The molecular weight excluding hydrogens is 374 g/mol. The van der Waals surface area contributed by atoms with E-state index >= 15 is 0 Å². The molecule has 9 heteroatoms. The number of nitrogens with zero attached hydrogens (tertiary/aromatic N) is 1. The molecule has 0 saturated heterocycles. The third-order valence-electron chi connectivity index (χ3n) is 4.13. The predicted molar refractivity (Wildman–Crippen MR) is 94.4 cm³/mol. The summed E-state index contributed by atoms with van der Waals surface area (Å²) in [6, 6.07) is 5.39. The molecule has 0 atom stereocenters. The van der Waals surface area contributed by atoms with Crippen LogP contribution >= 0.6 is 0 Å². The summed E-state index contributed by atoms with van der Waals surface area (Å²) < 4.78 is 44.3. The number of nitrogens with one attached hydrogen (secondary N) is 2. The zero-order valence-corrected chi connectivity index (χ0v) is 16.3. The van der Waals surface area contributed by atoms with E-state index in [4.69, 9.17) is 4.42 Å². The van der Waals surface area contributed by atoms with Crippen molar-refractivity contribution in [3.05, 3.63) is 29.3 Å². The van der Waals surface area contributed by atoms with Crippen LogP contribution in [0.1, 0.15) is 25.0 Å². The lowest BCUT2D eigenvalue weighted by Gasteiger charge is -2.15. The molecule has 0 spiro atoms. The normalized spacial score (nSPS) is 11.8. The predicted octanol–water partition coefficient (Wildman–Crippen LogP) is 1.02. The quantitative estimate of drug-likeness (QED) is 0.468. The van der Waals surface area contributed by atoms with Gasteiger partial charge >= 0.3 is 16.9 Å². The van der Waals surface area contributed by atoms with E-state index in [1.165, 1.54) is 0 Å². The number of hydrogen-bond acceptors (Lipinski definition) is 7. The number of benzene rings is 2. The van der Waals surface area contributed by atoms with E-state index in [9.17, 15) is 14.0 Å². The highest BCUT2D eigenvalue weighted by Gasteiger charge is 2.31. The highest BCUT2D eigenvalue weighted by atomic mass is 35.7. The molecule has 0 bridgehead atoms. The molecule has 8 nitrogen and oxygen atoms in total. The van der Waals surface area contributed by atoms with Crippen molar-refractivity contribution >= 4 is 33.6 Å². The van der Waals surface area contributed by atoms with E-state index in [0.717, 1.165) is 17.8 Å². The van der Waals surface area contributed by atoms with Crippen LogP contribution < -0.4 is 28.9 Å². The van der Waals surface area contributed by atoms with Crippen LogP contribution in [-0.2, 0) is 0 Å². The summed E-state index contributed by atoms with van der Waals surface area (Å²) in [6.45, 7) is 8.83. The highest BCUT2D eigenvalue weighted by molar-refractivity contribution is 5.92. The van der Waals surface area contributed by atoms with Crippen LogP contribution in [0.15, 0.2) is 22.6 Å².